The summed E-state index contributed by atoms with van der Waals surface area (Å²) in [5.41, 5.74) is 2.91. The van der Waals surface area contributed by atoms with Gasteiger partial charge in [-0.25, -0.2) is 8.42 Å². The first-order valence-corrected chi connectivity index (χ1v) is 16.8. The Balaban J connectivity index is 1.79. The van der Waals surface area contributed by atoms with E-state index in [0.29, 0.717) is 16.7 Å². The minimum atomic E-state index is -4.15. The minimum absolute atomic E-state index is 0.0647. The molecule has 0 spiro atoms. The summed E-state index contributed by atoms with van der Waals surface area (Å²) in [6, 6.07) is 29.4. The van der Waals surface area contributed by atoms with Gasteiger partial charge in [-0.1, -0.05) is 98.1 Å². The first-order valence-electron chi connectivity index (χ1n) is 13.8. The number of halogens is 2. The lowest BCUT2D eigenvalue weighted by molar-refractivity contribution is -0.140. The summed E-state index contributed by atoms with van der Waals surface area (Å²) in [4.78, 5) is 29.5. The van der Waals surface area contributed by atoms with Crippen molar-refractivity contribution in [2.45, 2.75) is 37.8 Å². The van der Waals surface area contributed by atoms with Crippen molar-refractivity contribution in [3.05, 3.63) is 129 Å². The lowest BCUT2D eigenvalue weighted by atomic mass is 10.0. The zero-order valence-electron chi connectivity index (χ0n) is 23.9. The number of sulfonamides is 1. The highest BCUT2D eigenvalue weighted by Gasteiger charge is 2.34. The normalized spacial score (nSPS) is 11.9. The van der Waals surface area contributed by atoms with Crippen LogP contribution in [0.5, 0.6) is 0 Å². The van der Waals surface area contributed by atoms with Crippen LogP contribution in [0.15, 0.2) is 117 Å². The molecule has 0 saturated heterocycles. The average molecular weight is 728 g/mol. The van der Waals surface area contributed by atoms with Crippen molar-refractivity contribution in [2.75, 3.05) is 17.4 Å². The van der Waals surface area contributed by atoms with Gasteiger partial charge in [0.05, 0.1) is 10.6 Å². The van der Waals surface area contributed by atoms with Crippen LogP contribution in [0.25, 0.3) is 0 Å². The van der Waals surface area contributed by atoms with E-state index >= 15 is 0 Å². The Morgan fingerprint density at radius 1 is 0.814 bits per heavy atom. The Bertz CT molecular complexity index is 1650. The minimum Gasteiger partial charge on any atom is -0.355 e. The second kappa shape index (κ2) is 14.8. The van der Waals surface area contributed by atoms with E-state index in [2.05, 4.69) is 37.2 Å². The van der Waals surface area contributed by atoms with Crippen LogP contribution in [-0.2, 0) is 32.6 Å². The molecular weight excluding hydrogens is 694 g/mol. The van der Waals surface area contributed by atoms with E-state index in [1.807, 2.05) is 68.4 Å². The third kappa shape index (κ3) is 8.55. The molecule has 0 aliphatic carbocycles. The molecule has 0 heterocycles. The molecule has 0 aromatic heterocycles. The summed E-state index contributed by atoms with van der Waals surface area (Å²) >= 11 is 6.88. The summed E-state index contributed by atoms with van der Waals surface area (Å²) in [7, 11) is -4.15. The van der Waals surface area contributed by atoms with Gasteiger partial charge in [0.15, 0.2) is 0 Å². The number of hydrogen-bond donors (Lipinski definition) is 1. The van der Waals surface area contributed by atoms with Gasteiger partial charge in [-0.2, -0.15) is 0 Å². The highest BCUT2D eigenvalue weighted by Crippen LogP contribution is 2.27. The SMILES string of the molecule is CCNC(=O)[C@@H](Cc1ccccc1)N(Cc1ccc(Br)cc1)C(=O)CN(c1cccc(Br)c1)S(=O)(=O)c1ccc(C)cc1. The van der Waals surface area contributed by atoms with Crippen molar-refractivity contribution in [2.24, 2.45) is 0 Å². The zero-order valence-corrected chi connectivity index (χ0v) is 27.9. The molecule has 0 fully saturated rings. The van der Waals surface area contributed by atoms with Crippen LogP contribution in [0.2, 0.25) is 0 Å². The highest BCUT2D eigenvalue weighted by atomic mass is 79.9. The molecule has 224 valence electrons. The number of aryl methyl sites for hydroxylation is 1. The lowest BCUT2D eigenvalue weighted by Crippen LogP contribution is -2.53. The van der Waals surface area contributed by atoms with Crippen molar-refractivity contribution < 1.29 is 18.0 Å². The van der Waals surface area contributed by atoms with E-state index in [-0.39, 0.29) is 23.8 Å². The van der Waals surface area contributed by atoms with Gasteiger partial charge in [0.2, 0.25) is 11.8 Å². The molecule has 0 bridgehead atoms. The van der Waals surface area contributed by atoms with E-state index in [0.717, 1.165) is 25.5 Å². The van der Waals surface area contributed by atoms with Crippen molar-refractivity contribution in [1.29, 1.82) is 0 Å². The Morgan fingerprint density at radius 3 is 2.12 bits per heavy atom. The molecule has 43 heavy (non-hydrogen) atoms. The Labute approximate surface area is 270 Å². The topological polar surface area (TPSA) is 86.8 Å². The number of amides is 2. The number of nitrogens with zero attached hydrogens (tertiary/aromatic N) is 2. The average Bonchev–Trinajstić information content (AvgIpc) is 2.99. The maximum Gasteiger partial charge on any atom is 0.264 e. The molecule has 0 aliphatic heterocycles. The molecule has 0 saturated carbocycles. The second-order valence-corrected chi connectivity index (χ2v) is 13.7. The number of benzene rings is 4. The van der Waals surface area contributed by atoms with Crippen molar-refractivity contribution in [3.8, 4) is 0 Å². The van der Waals surface area contributed by atoms with Gasteiger partial charge in [0.25, 0.3) is 10.0 Å². The van der Waals surface area contributed by atoms with Crippen LogP contribution in [0, 0.1) is 6.92 Å². The quantitative estimate of drug-likeness (QED) is 0.181. The van der Waals surface area contributed by atoms with Gasteiger partial charge in [0, 0.05) is 28.5 Å². The van der Waals surface area contributed by atoms with Gasteiger partial charge in [0.1, 0.15) is 12.6 Å². The molecule has 4 aromatic rings. The molecule has 0 radical (unpaired) electrons. The van der Waals surface area contributed by atoms with Crippen molar-refractivity contribution in [3.63, 3.8) is 0 Å². The molecule has 7 nitrogen and oxygen atoms in total. The van der Waals surface area contributed by atoms with E-state index in [1.165, 1.54) is 17.0 Å². The van der Waals surface area contributed by atoms with E-state index < -0.39 is 28.5 Å². The fourth-order valence-electron chi connectivity index (χ4n) is 4.63. The Kier molecular flexibility index (Phi) is 11.2. The van der Waals surface area contributed by atoms with Crippen LogP contribution in [-0.4, -0.2) is 44.3 Å². The maximum atomic E-state index is 14.4. The molecule has 0 unspecified atom stereocenters. The molecule has 1 N–H and O–H groups in total. The number of carbonyl (C=O) groups is 2. The van der Waals surface area contributed by atoms with Crippen LogP contribution < -0.4 is 9.62 Å². The summed E-state index contributed by atoms with van der Waals surface area (Å²) in [5.74, 6) is -0.821. The van der Waals surface area contributed by atoms with E-state index in [1.54, 1.807) is 36.4 Å². The first kappa shape index (κ1) is 32.4. The van der Waals surface area contributed by atoms with Crippen LogP contribution >= 0.6 is 31.9 Å². The van der Waals surface area contributed by atoms with Crippen molar-refractivity contribution in [1.82, 2.24) is 10.2 Å². The third-order valence-corrected chi connectivity index (χ3v) is 9.68. The van der Waals surface area contributed by atoms with Crippen LogP contribution in [0.3, 0.4) is 0 Å². The van der Waals surface area contributed by atoms with Gasteiger partial charge in [-0.15, -0.1) is 0 Å². The van der Waals surface area contributed by atoms with Gasteiger partial charge in [-0.3, -0.25) is 13.9 Å². The number of rotatable bonds is 12. The fourth-order valence-corrected chi connectivity index (χ4v) is 6.69. The smallest absolute Gasteiger partial charge is 0.264 e. The zero-order chi connectivity index (χ0) is 31.0. The molecule has 10 heteroatoms. The predicted octanol–water partition coefficient (Wildman–Crippen LogP) is 6.49. The van der Waals surface area contributed by atoms with Gasteiger partial charge in [-0.05, 0) is 67.4 Å². The predicted molar refractivity (Wildman–Crippen MR) is 177 cm³/mol. The van der Waals surface area contributed by atoms with E-state index in [4.69, 9.17) is 0 Å². The van der Waals surface area contributed by atoms with Crippen molar-refractivity contribution >= 4 is 59.4 Å². The number of likely N-dealkylation sites (N-methyl/N-ethyl adjacent to an activating group) is 1. The molecule has 1 atom stereocenters. The Hall–Kier alpha value is -3.47. The molecule has 4 rings (SSSR count). The number of anilines is 1. The molecule has 0 aliphatic rings. The molecular formula is C33H33Br2N3O4S. The number of hydrogen-bond acceptors (Lipinski definition) is 4. The summed E-state index contributed by atoms with van der Waals surface area (Å²) in [6.07, 6.45) is 0.260. The van der Waals surface area contributed by atoms with E-state index in [9.17, 15) is 18.0 Å². The van der Waals surface area contributed by atoms with Gasteiger partial charge < -0.3 is 10.2 Å². The summed E-state index contributed by atoms with van der Waals surface area (Å²) < 4.78 is 30.8. The number of carbonyl (C=O) groups excluding carboxylic acids is 2. The molecule has 4 aromatic carbocycles. The van der Waals surface area contributed by atoms with Crippen LogP contribution in [0.1, 0.15) is 23.6 Å². The third-order valence-electron chi connectivity index (χ3n) is 6.87. The lowest BCUT2D eigenvalue weighted by Gasteiger charge is -2.34. The maximum absolute atomic E-state index is 14.4. The van der Waals surface area contributed by atoms with Crippen LogP contribution in [0.4, 0.5) is 5.69 Å². The first-order chi connectivity index (χ1) is 20.6. The Morgan fingerprint density at radius 2 is 1.49 bits per heavy atom. The standard InChI is InChI=1S/C33H33Br2N3O4S/c1-3-36-33(40)31(20-25-8-5-4-6-9-25)37(22-26-14-16-27(34)17-15-26)32(39)23-38(29-11-7-10-28(35)21-29)43(41,42)30-18-12-24(2)13-19-30/h4-19,21,31H,3,20,22-23H2,1-2H3,(H,36,40)/t31-/m1/s1. The molecule has 2 amide bonds. The second-order valence-electron chi connectivity index (χ2n) is 10.1. The monoisotopic (exact) mass is 725 g/mol. The summed E-state index contributed by atoms with van der Waals surface area (Å²) in [6.45, 7) is 3.68. The largest absolute Gasteiger partial charge is 0.355 e. The van der Waals surface area contributed by atoms with Gasteiger partial charge >= 0.3 is 0 Å². The summed E-state index contributed by atoms with van der Waals surface area (Å²) in [5, 5.41) is 2.87. The fraction of sp³-hybridized carbons (Fsp3) is 0.212. The number of nitrogens with one attached hydrogen (secondary N) is 1. The highest BCUT2D eigenvalue weighted by molar-refractivity contribution is 9.10.